The van der Waals surface area contributed by atoms with Crippen LogP contribution in [0.25, 0.3) is 0 Å². The molecular weight excluding hydrogens is 204 g/mol. The summed E-state index contributed by atoms with van der Waals surface area (Å²) in [7, 11) is 0. The molecule has 0 aromatic rings. The number of aliphatic hydroxyl groups excluding tert-OH is 1. The minimum Gasteiger partial charge on any atom is -0.385 e. The Bertz CT molecular complexity index is 226. The highest BCUT2D eigenvalue weighted by Gasteiger charge is 2.65. The molecule has 4 unspecified atom stereocenters. The molecule has 1 fully saturated rings. The molecule has 1 aliphatic rings. The zero-order valence-corrected chi connectivity index (χ0v) is 9.50. The van der Waals surface area contributed by atoms with Crippen molar-refractivity contribution in [3.8, 4) is 0 Å². The number of halogens is 2. The number of hydrogen-bond donors (Lipinski definition) is 2. The van der Waals surface area contributed by atoms with Gasteiger partial charge in [0.05, 0.1) is 6.04 Å². The smallest absolute Gasteiger partial charge is 0.242 e. The highest BCUT2D eigenvalue weighted by atomic mass is 19.2. The molecule has 0 amide bonds. The fraction of sp³-hybridized carbons (Fsp3) is 1.00. The van der Waals surface area contributed by atoms with Crippen LogP contribution in [-0.2, 0) is 4.74 Å². The average molecular weight is 223 g/mol. The molecule has 0 aromatic heterocycles. The molecule has 90 valence electrons. The van der Waals surface area contributed by atoms with Crippen molar-refractivity contribution in [3.63, 3.8) is 0 Å². The van der Waals surface area contributed by atoms with Gasteiger partial charge >= 0.3 is 0 Å². The first-order valence-electron chi connectivity index (χ1n) is 5.18. The summed E-state index contributed by atoms with van der Waals surface area (Å²) < 4.78 is 33.1. The van der Waals surface area contributed by atoms with Gasteiger partial charge < -0.3 is 15.6 Å². The van der Waals surface area contributed by atoms with Crippen molar-refractivity contribution in [2.75, 3.05) is 0 Å². The van der Waals surface area contributed by atoms with Gasteiger partial charge in [-0.2, -0.15) is 0 Å². The predicted octanol–water partition coefficient (Wildman–Crippen LogP) is 1.35. The highest BCUT2D eigenvalue weighted by molar-refractivity contribution is 5.04. The molecule has 0 saturated carbocycles. The van der Waals surface area contributed by atoms with Crippen molar-refractivity contribution in [3.05, 3.63) is 0 Å². The van der Waals surface area contributed by atoms with Gasteiger partial charge in [-0.15, -0.1) is 0 Å². The SMILES string of the molecule is CC(C)C1(F)OC(F)(C(C)C)C(O)C1N. The highest BCUT2D eigenvalue weighted by Crippen LogP contribution is 2.46. The normalized spacial score (nSPS) is 46.8. The van der Waals surface area contributed by atoms with E-state index in [1.54, 1.807) is 13.8 Å². The summed E-state index contributed by atoms with van der Waals surface area (Å²) in [5.41, 5.74) is 5.48. The third-order valence-electron chi connectivity index (χ3n) is 3.09. The van der Waals surface area contributed by atoms with E-state index in [4.69, 9.17) is 10.5 Å². The number of nitrogens with two attached hydrogens (primary N) is 1. The molecule has 1 saturated heterocycles. The van der Waals surface area contributed by atoms with Crippen LogP contribution in [0.2, 0.25) is 0 Å². The number of ether oxygens (including phenoxy) is 1. The van der Waals surface area contributed by atoms with Crippen molar-refractivity contribution in [2.24, 2.45) is 17.6 Å². The lowest BCUT2D eigenvalue weighted by Gasteiger charge is -2.30. The minimum atomic E-state index is -2.40. The lowest BCUT2D eigenvalue weighted by Crippen LogP contribution is -2.50. The van der Waals surface area contributed by atoms with Crippen LogP contribution >= 0.6 is 0 Å². The van der Waals surface area contributed by atoms with Gasteiger partial charge in [-0.1, -0.05) is 27.7 Å². The standard InChI is InChI=1S/C10H19F2NO2/c1-5(2)9(11)7(13)8(14)10(12,15-9)6(3)4/h5-8,14H,13H2,1-4H3. The molecule has 1 aliphatic heterocycles. The third-order valence-corrected chi connectivity index (χ3v) is 3.09. The summed E-state index contributed by atoms with van der Waals surface area (Å²) in [5, 5.41) is 9.61. The number of hydrogen-bond acceptors (Lipinski definition) is 3. The molecule has 15 heavy (non-hydrogen) atoms. The topological polar surface area (TPSA) is 55.5 Å². The molecular formula is C10H19F2NO2. The first-order valence-corrected chi connectivity index (χ1v) is 5.18. The van der Waals surface area contributed by atoms with Gasteiger partial charge in [-0.25, -0.2) is 8.78 Å². The zero-order chi connectivity index (χ0) is 12.0. The molecule has 0 aromatic carbocycles. The maximum Gasteiger partial charge on any atom is 0.242 e. The predicted molar refractivity (Wildman–Crippen MR) is 52.4 cm³/mol. The molecule has 0 aliphatic carbocycles. The van der Waals surface area contributed by atoms with Crippen molar-refractivity contribution >= 4 is 0 Å². The van der Waals surface area contributed by atoms with E-state index < -0.39 is 35.7 Å². The summed E-state index contributed by atoms with van der Waals surface area (Å²) in [6.45, 7) is 6.11. The van der Waals surface area contributed by atoms with Crippen LogP contribution in [-0.4, -0.2) is 29.0 Å². The monoisotopic (exact) mass is 223 g/mol. The molecule has 0 radical (unpaired) electrons. The Labute approximate surface area is 88.6 Å². The van der Waals surface area contributed by atoms with Crippen molar-refractivity contribution in [2.45, 2.75) is 51.6 Å². The van der Waals surface area contributed by atoms with E-state index >= 15 is 0 Å². The largest absolute Gasteiger partial charge is 0.385 e. The van der Waals surface area contributed by atoms with E-state index in [0.29, 0.717) is 0 Å². The average Bonchev–Trinajstić information content (AvgIpc) is 2.30. The van der Waals surface area contributed by atoms with Gasteiger partial charge in [0, 0.05) is 11.8 Å². The second-order valence-corrected chi connectivity index (χ2v) is 4.78. The Hall–Kier alpha value is -0.260. The van der Waals surface area contributed by atoms with Gasteiger partial charge in [-0.3, -0.25) is 0 Å². The molecule has 0 spiro atoms. The van der Waals surface area contributed by atoms with Gasteiger partial charge in [0.15, 0.2) is 0 Å². The summed E-state index contributed by atoms with van der Waals surface area (Å²) in [6, 6.07) is -1.36. The van der Waals surface area contributed by atoms with E-state index in [0.717, 1.165) is 0 Å². The van der Waals surface area contributed by atoms with Gasteiger partial charge in [0.1, 0.15) is 6.10 Å². The maximum absolute atomic E-state index is 14.2. The van der Waals surface area contributed by atoms with Crippen LogP contribution in [0.4, 0.5) is 8.78 Å². The number of alkyl halides is 2. The lowest BCUT2D eigenvalue weighted by atomic mass is 9.91. The van der Waals surface area contributed by atoms with Gasteiger partial charge in [-0.05, 0) is 0 Å². The number of rotatable bonds is 2. The van der Waals surface area contributed by atoms with E-state index in [2.05, 4.69) is 0 Å². The van der Waals surface area contributed by atoms with Crippen molar-refractivity contribution < 1.29 is 18.6 Å². The summed E-state index contributed by atoms with van der Waals surface area (Å²) in [4.78, 5) is 0. The Morgan fingerprint density at radius 2 is 1.53 bits per heavy atom. The van der Waals surface area contributed by atoms with E-state index in [9.17, 15) is 13.9 Å². The molecule has 3 N–H and O–H groups in total. The Morgan fingerprint density at radius 3 is 1.73 bits per heavy atom. The van der Waals surface area contributed by atoms with Crippen LogP contribution in [0.3, 0.4) is 0 Å². The molecule has 4 atom stereocenters. The summed E-state index contributed by atoms with van der Waals surface area (Å²) >= 11 is 0. The molecule has 1 rings (SSSR count). The molecule has 3 nitrogen and oxygen atoms in total. The van der Waals surface area contributed by atoms with Crippen molar-refractivity contribution in [1.29, 1.82) is 0 Å². The van der Waals surface area contributed by atoms with Crippen LogP contribution in [0, 0.1) is 11.8 Å². The second-order valence-electron chi connectivity index (χ2n) is 4.78. The second kappa shape index (κ2) is 3.64. The summed E-state index contributed by atoms with van der Waals surface area (Å²) in [6.07, 6.45) is -1.63. The molecule has 0 bridgehead atoms. The lowest BCUT2D eigenvalue weighted by molar-refractivity contribution is -0.272. The molecule has 1 heterocycles. The van der Waals surface area contributed by atoms with E-state index in [1.165, 1.54) is 13.8 Å². The number of aliphatic hydroxyl groups is 1. The van der Waals surface area contributed by atoms with Crippen LogP contribution in [0.1, 0.15) is 27.7 Å². The van der Waals surface area contributed by atoms with Crippen molar-refractivity contribution in [1.82, 2.24) is 0 Å². The Kier molecular flexibility index (Phi) is 3.11. The fourth-order valence-electron chi connectivity index (χ4n) is 1.79. The van der Waals surface area contributed by atoms with E-state index in [1.807, 2.05) is 0 Å². The maximum atomic E-state index is 14.2. The Balaban J connectivity index is 3.04. The minimum absolute atomic E-state index is 0.612. The van der Waals surface area contributed by atoms with E-state index in [-0.39, 0.29) is 0 Å². The first-order chi connectivity index (χ1) is 6.66. The fourth-order valence-corrected chi connectivity index (χ4v) is 1.79. The first kappa shape index (κ1) is 12.8. The van der Waals surface area contributed by atoms with Gasteiger partial charge in [0.25, 0.3) is 0 Å². The van der Waals surface area contributed by atoms with Gasteiger partial charge in [0.2, 0.25) is 11.7 Å². The quantitative estimate of drug-likeness (QED) is 0.743. The summed E-state index contributed by atoms with van der Waals surface area (Å²) in [5.74, 6) is -5.98. The zero-order valence-electron chi connectivity index (χ0n) is 9.50. The third kappa shape index (κ3) is 1.66. The Morgan fingerprint density at radius 1 is 1.13 bits per heavy atom. The molecule has 5 heteroatoms. The van der Waals surface area contributed by atoms with Crippen LogP contribution in [0.15, 0.2) is 0 Å². The van der Waals surface area contributed by atoms with Crippen LogP contribution in [0.5, 0.6) is 0 Å². The van der Waals surface area contributed by atoms with Crippen LogP contribution < -0.4 is 5.73 Å².